The number of hydrogen-bond acceptors (Lipinski definition) is 3. The highest BCUT2D eigenvalue weighted by molar-refractivity contribution is 6.33. The summed E-state index contributed by atoms with van der Waals surface area (Å²) in [6.07, 6.45) is 0. The average Bonchev–Trinajstić information content (AvgIpc) is 2.41. The van der Waals surface area contributed by atoms with E-state index in [4.69, 9.17) is 11.6 Å². The molecule has 0 fully saturated rings. The van der Waals surface area contributed by atoms with Crippen LogP contribution in [0.25, 0.3) is 0 Å². The Morgan fingerprint density at radius 2 is 1.95 bits per heavy atom. The number of benzene rings is 1. The van der Waals surface area contributed by atoms with Gasteiger partial charge in [-0.05, 0) is 32.0 Å². The zero-order valence-electron chi connectivity index (χ0n) is 11.1. The molecule has 0 spiro atoms. The standard InChI is InChI=1S/C14H14ClN3O2/c1-9(2)18-13(19)8-7-12(17-18)14(20)16-11-6-4-3-5-10(11)15/h3-9H,1-2H3,(H,16,20). The Morgan fingerprint density at radius 1 is 1.25 bits per heavy atom. The van der Waals surface area contributed by atoms with Crippen LogP contribution in [0.3, 0.4) is 0 Å². The van der Waals surface area contributed by atoms with E-state index in [9.17, 15) is 9.59 Å². The van der Waals surface area contributed by atoms with Gasteiger partial charge in [0.05, 0.1) is 16.8 Å². The van der Waals surface area contributed by atoms with Crippen LogP contribution in [0.1, 0.15) is 30.4 Å². The van der Waals surface area contributed by atoms with Gasteiger partial charge in [-0.2, -0.15) is 5.10 Å². The second-order valence-corrected chi connectivity index (χ2v) is 4.94. The number of carbonyl (C=O) groups is 1. The molecule has 0 radical (unpaired) electrons. The lowest BCUT2D eigenvalue weighted by Crippen LogP contribution is -2.27. The lowest BCUT2D eigenvalue weighted by atomic mass is 10.3. The maximum absolute atomic E-state index is 12.1. The number of nitrogens with zero attached hydrogens (tertiary/aromatic N) is 2. The molecule has 20 heavy (non-hydrogen) atoms. The topological polar surface area (TPSA) is 64.0 Å². The van der Waals surface area contributed by atoms with Crippen molar-refractivity contribution in [3.05, 3.63) is 57.5 Å². The number of hydrogen-bond donors (Lipinski definition) is 1. The maximum atomic E-state index is 12.1. The summed E-state index contributed by atoms with van der Waals surface area (Å²) < 4.78 is 1.27. The van der Waals surface area contributed by atoms with Gasteiger partial charge < -0.3 is 5.32 Å². The number of amides is 1. The molecule has 2 aromatic rings. The molecule has 0 aliphatic heterocycles. The molecule has 0 bridgehead atoms. The van der Waals surface area contributed by atoms with E-state index in [1.165, 1.54) is 16.8 Å². The van der Waals surface area contributed by atoms with Gasteiger partial charge in [0.15, 0.2) is 0 Å². The largest absolute Gasteiger partial charge is 0.319 e. The molecule has 5 nitrogen and oxygen atoms in total. The molecule has 1 heterocycles. The Morgan fingerprint density at radius 3 is 2.60 bits per heavy atom. The Bertz CT molecular complexity index is 695. The minimum atomic E-state index is -0.410. The molecule has 0 unspecified atom stereocenters. The van der Waals surface area contributed by atoms with E-state index in [-0.39, 0.29) is 17.3 Å². The van der Waals surface area contributed by atoms with Crippen LogP contribution in [0.5, 0.6) is 0 Å². The summed E-state index contributed by atoms with van der Waals surface area (Å²) in [4.78, 5) is 23.7. The predicted octanol–water partition coefficient (Wildman–Crippen LogP) is 2.73. The van der Waals surface area contributed by atoms with Crippen molar-refractivity contribution in [1.82, 2.24) is 9.78 Å². The molecule has 0 atom stereocenters. The van der Waals surface area contributed by atoms with Crippen molar-refractivity contribution < 1.29 is 4.79 Å². The lowest BCUT2D eigenvalue weighted by Gasteiger charge is -2.10. The Labute approximate surface area is 121 Å². The SMILES string of the molecule is CC(C)n1nc(C(=O)Nc2ccccc2Cl)ccc1=O. The highest BCUT2D eigenvalue weighted by atomic mass is 35.5. The first-order valence-corrected chi connectivity index (χ1v) is 6.52. The van der Waals surface area contributed by atoms with Crippen molar-refractivity contribution in [2.24, 2.45) is 0 Å². The molecular formula is C14H14ClN3O2. The van der Waals surface area contributed by atoms with Crippen LogP contribution in [0, 0.1) is 0 Å². The van der Waals surface area contributed by atoms with Crippen molar-refractivity contribution in [1.29, 1.82) is 0 Å². The maximum Gasteiger partial charge on any atom is 0.276 e. The van der Waals surface area contributed by atoms with E-state index in [1.807, 2.05) is 13.8 Å². The predicted molar refractivity (Wildman–Crippen MR) is 78.3 cm³/mol. The van der Waals surface area contributed by atoms with Gasteiger partial charge in [0.2, 0.25) is 0 Å². The van der Waals surface area contributed by atoms with Crippen molar-refractivity contribution >= 4 is 23.2 Å². The molecule has 0 aliphatic rings. The van der Waals surface area contributed by atoms with Gasteiger partial charge in [0, 0.05) is 6.07 Å². The molecule has 1 N–H and O–H groups in total. The number of halogens is 1. The molecule has 1 aromatic carbocycles. The van der Waals surface area contributed by atoms with Crippen LogP contribution >= 0.6 is 11.6 Å². The lowest BCUT2D eigenvalue weighted by molar-refractivity contribution is 0.101. The van der Waals surface area contributed by atoms with E-state index in [2.05, 4.69) is 10.4 Å². The van der Waals surface area contributed by atoms with Crippen molar-refractivity contribution in [2.75, 3.05) is 5.32 Å². The second kappa shape index (κ2) is 5.88. The van der Waals surface area contributed by atoms with E-state index in [1.54, 1.807) is 24.3 Å². The third-order valence-electron chi connectivity index (χ3n) is 2.67. The molecule has 2 rings (SSSR count). The minimum Gasteiger partial charge on any atom is -0.319 e. The monoisotopic (exact) mass is 291 g/mol. The van der Waals surface area contributed by atoms with Crippen molar-refractivity contribution in [2.45, 2.75) is 19.9 Å². The van der Waals surface area contributed by atoms with Crippen LogP contribution in [-0.4, -0.2) is 15.7 Å². The van der Waals surface area contributed by atoms with Gasteiger partial charge >= 0.3 is 0 Å². The van der Waals surface area contributed by atoms with E-state index in [0.29, 0.717) is 10.7 Å². The summed E-state index contributed by atoms with van der Waals surface area (Å²) in [6, 6.07) is 9.52. The van der Waals surface area contributed by atoms with E-state index < -0.39 is 5.91 Å². The number of rotatable bonds is 3. The molecule has 0 aliphatic carbocycles. The van der Waals surface area contributed by atoms with Crippen LogP contribution in [-0.2, 0) is 0 Å². The summed E-state index contributed by atoms with van der Waals surface area (Å²) in [5, 5.41) is 7.15. The van der Waals surface area contributed by atoms with Gasteiger partial charge in [-0.15, -0.1) is 0 Å². The molecule has 6 heteroatoms. The fourth-order valence-corrected chi connectivity index (χ4v) is 1.85. The first kappa shape index (κ1) is 14.3. The third-order valence-corrected chi connectivity index (χ3v) is 3.00. The van der Waals surface area contributed by atoms with Crippen LogP contribution in [0.4, 0.5) is 5.69 Å². The summed E-state index contributed by atoms with van der Waals surface area (Å²) >= 11 is 5.97. The Balaban J connectivity index is 2.28. The number of carbonyl (C=O) groups excluding carboxylic acids is 1. The van der Waals surface area contributed by atoms with Crippen LogP contribution < -0.4 is 10.9 Å². The third kappa shape index (κ3) is 3.05. The van der Waals surface area contributed by atoms with Gasteiger partial charge in [0.25, 0.3) is 11.5 Å². The average molecular weight is 292 g/mol. The summed E-state index contributed by atoms with van der Waals surface area (Å²) in [5.41, 5.74) is 0.427. The van der Waals surface area contributed by atoms with Crippen molar-refractivity contribution in [3.63, 3.8) is 0 Å². The van der Waals surface area contributed by atoms with Gasteiger partial charge in [-0.1, -0.05) is 23.7 Å². The van der Waals surface area contributed by atoms with Crippen LogP contribution in [0.2, 0.25) is 5.02 Å². The highest BCUT2D eigenvalue weighted by Gasteiger charge is 2.12. The number of nitrogens with one attached hydrogen (secondary N) is 1. The molecule has 104 valence electrons. The zero-order chi connectivity index (χ0) is 14.7. The van der Waals surface area contributed by atoms with E-state index in [0.717, 1.165) is 0 Å². The fraction of sp³-hybridized carbons (Fsp3) is 0.214. The second-order valence-electron chi connectivity index (χ2n) is 4.53. The smallest absolute Gasteiger partial charge is 0.276 e. The molecule has 0 saturated carbocycles. The highest BCUT2D eigenvalue weighted by Crippen LogP contribution is 2.20. The van der Waals surface area contributed by atoms with Gasteiger partial charge in [-0.25, -0.2) is 4.68 Å². The number of aromatic nitrogens is 2. The van der Waals surface area contributed by atoms with Gasteiger partial charge in [-0.3, -0.25) is 9.59 Å². The molecule has 0 saturated heterocycles. The summed E-state index contributed by atoms with van der Waals surface area (Å²) in [7, 11) is 0. The quantitative estimate of drug-likeness (QED) is 0.945. The minimum absolute atomic E-state index is 0.115. The molecule has 1 amide bonds. The zero-order valence-corrected chi connectivity index (χ0v) is 11.9. The normalized spacial score (nSPS) is 10.6. The first-order chi connectivity index (χ1) is 9.49. The molecular weight excluding hydrogens is 278 g/mol. The first-order valence-electron chi connectivity index (χ1n) is 6.15. The Hall–Kier alpha value is -2.14. The number of anilines is 1. The Kier molecular flexibility index (Phi) is 4.20. The fourth-order valence-electron chi connectivity index (χ4n) is 1.67. The van der Waals surface area contributed by atoms with Gasteiger partial charge in [0.1, 0.15) is 5.69 Å². The summed E-state index contributed by atoms with van der Waals surface area (Å²) in [5.74, 6) is -0.410. The summed E-state index contributed by atoms with van der Waals surface area (Å²) in [6.45, 7) is 3.65. The van der Waals surface area contributed by atoms with Crippen molar-refractivity contribution in [3.8, 4) is 0 Å². The number of para-hydroxylation sites is 1. The molecule has 1 aromatic heterocycles. The van der Waals surface area contributed by atoms with E-state index >= 15 is 0 Å². The van der Waals surface area contributed by atoms with Crippen LogP contribution in [0.15, 0.2) is 41.2 Å².